The predicted octanol–water partition coefficient (Wildman–Crippen LogP) is 6.10. The molecule has 170 valence electrons. The number of urea groups is 1. The number of benzene rings is 3. The van der Waals surface area contributed by atoms with E-state index in [0.29, 0.717) is 16.9 Å². The van der Waals surface area contributed by atoms with Crippen LogP contribution >= 0.6 is 0 Å². The summed E-state index contributed by atoms with van der Waals surface area (Å²) >= 11 is 0. The number of halogens is 1. The number of rotatable bonds is 5. The standard InChI is InChI=1S/C26H27FN4O2/c27-21-12-6-7-13-22(21)29-26(33)30-23-18-20(28-25(32)19-10-4-3-5-11-19)14-15-24(23)31-16-8-1-2-9-17-31/h3-7,10-15,18H,1-2,8-9,16-17H2,(H,28,32)(H2,29,30,33). The van der Waals surface area contributed by atoms with Crippen LogP contribution in [0.3, 0.4) is 0 Å². The van der Waals surface area contributed by atoms with E-state index in [9.17, 15) is 14.0 Å². The van der Waals surface area contributed by atoms with Crippen LogP contribution in [0, 0.1) is 5.82 Å². The maximum absolute atomic E-state index is 14.0. The molecule has 1 aliphatic heterocycles. The number of hydrogen-bond donors (Lipinski definition) is 3. The minimum absolute atomic E-state index is 0.0971. The molecule has 3 amide bonds. The summed E-state index contributed by atoms with van der Waals surface area (Å²) in [4.78, 5) is 27.5. The molecule has 0 saturated carbocycles. The van der Waals surface area contributed by atoms with Gasteiger partial charge in [-0.15, -0.1) is 0 Å². The van der Waals surface area contributed by atoms with E-state index in [2.05, 4.69) is 20.9 Å². The quantitative estimate of drug-likeness (QED) is 0.443. The topological polar surface area (TPSA) is 73.5 Å². The number of nitrogens with zero attached hydrogens (tertiary/aromatic N) is 1. The number of hydrogen-bond acceptors (Lipinski definition) is 3. The lowest BCUT2D eigenvalue weighted by atomic mass is 10.1. The van der Waals surface area contributed by atoms with Gasteiger partial charge in [0.15, 0.2) is 0 Å². The summed E-state index contributed by atoms with van der Waals surface area (Å²) in [6.45, 7) is 1.78. The van der Waals surface area contributed by atoms with Gasteiger partial charge in [-0.2, -0.15) is 0 Å². The van der Waals surface area contributed by atoms with E-state index < -0.39 is 11.8 Å². The summed E-state index contributed by atoms with van der Waals surface area (Å²) < 4.78 is 14.0. The van der Waals surface area contributed by atoms with E-state index >= 15 is 0 Å². The fourth-order valence-electron chi connectivity index (χ4n) is 3.93. The van der Waals surface area contributed by atoms with Crippen LogP contribution in [0.1, 0.15) is 36.0 Å². The van der Waals surface area contributed by atoms with Gasteiger partial charge in [-0.05, 0) is 55.3 Å². The van der Waals surface area contributed by atoms with Gasteiger partial charge < -0.3 is 20.9 Å². The number of para-hydroxylation sites is 1. The number of carbonyl (C=O) groups is 2. The third-order valence-corrected chi connectivity index (χ3v) is 5.61. The molecule has 0 radical (unpaired) electrons. The lowest BCUT2D eigenvalue weighted by Crippen LogP contribution is -2.27. The van der Waals surface area contributed by atoms with Crippen molar-refractivity contribution in [1.29, 1.82) is 0 Å². The summed E-state index contributed by atoms with van der Waals surface area (Å²) in [5.74, 6) is -0.746. The van der Waals surface area contributed by atoms with Gasteiger partial charge in [0.25, 0.3) is 5.91 Å². The van der Waals surface area contributed by atoms with Crippen molar-refractivity contribution in [2.24, 2.45) is 0 Å². The molecule has 0 unspecified atom stereocenters. The van der Waals surface area contributed by atoms with E-state index in [4.69, 9.17) is 0 Å². The smallest absolute Gasteiger partial charge is 0.323 e. The van der Waals surface area contributed by atoms with Gasteiger partial charge in [-0.25, -0.2) is 9.18 Å². The van der Waals surface area contributed by atoms with Crippen molar-refractivity contribution >= 4 is 34.7 Å². The molecule has 3 aromatic carbocycles. The molecule has 0 spiro atoms. The molecule has 0 atom stereocenters. The third kappa shape index (κ3) is 5.88. The van der Waals surface area contributed by atoms with E-state index in [0.717, 1.165) is 31.6 Å². The van der Waals surface area contributed by atoms with Crippen LogP contribution in [0.5, 0.6) is 0 Å². The van der Waals surface area contributed by atoms with Gasteiger partial charge in [0.1, 0.15) is 5.82 Å². The van der Waals surface area contributed by atoms with Crippen LogP contribution in [0.25, 0.3) is 0 Å². The van der Waals surface area contributed by atoms with E-state index in [1.54, 1.807) is 42.5 Å². The molecule has 3 N–H and O–H groups in total. The van der Waals surface area contributed by atoms with Crippen LogP contribution in [-0.2, 0) is 0 Å². The van der Waals surface area contributed by atoms with Crippen molar-refractivity contribution in [3.05, 3.63) is 84.2 Å². The van der Waals surface area contributed by atoms with Crippen molar-refractivity contribution in [1.82, 2.24) is 0 Å². The largest absolute Gasteiger partial charge is 0.370 e. The summed E-state index contributed by atoms with van der Waals surface area (Å²) in [5.41, 5.74) is 2.62. The van der Waals surface area contributed by atoms with Crippen LogP contribution in [0.2, 0.25) is 0 Å². The SMILES string of the molecule is O=C(Nc1ccccc1F)Nc1cc(NC(=O)c2ccccc2)ccc1N1CCCCCC1. The predicted molar refractivity (Wildman–Crippen MR) is 131 cm³/mol. The molecule has 0 bridgehead atoms. The molecule has 3 aromatic rings. The van der Waals surface area contributed by atoms with Crippen molar-refractivity contribution in [3.63, 3.8) is 0 Å². The van der Waals surface area contributed by atoms with Gasteiger partial charge in [-0.1, -0.05) is 43.2 Å². The first kappa shape index (κ1) is 22.3. The molecule has 0 aliphatic carbocycles. The highest BCUT2D eigenvalue weighted by molar-refractivity contribution is 6.06. The lowest BCUT2D eigenvalue weighted by molar-refractivity contribution is 0.102. The first-order chi connectivity index (χ1) is 16.1. The Morgan fingerprint density at radius 2 is 1.39 bits per heavy atom. The normalized spacial score (nSPS) is 13.7. The average molecular weight is 447 g/mol. The Hall–Kier alpha value is -3.87. The maximum atomic E-state index is 14.0. The van der Waals surface area contributed by atoms with Gasteiger partial charge in [0.2, 0.25) is 0 Å². The van der Waals surface area contributed by atoms with Gasteiger partial charge in [0.05, 0.1) is 17.1 Å². The lowest BCUT2D eigenvalue weighted by Gasteiger charge is -2.26. The molecule has 6 nitrogen and oxygen atoms in total. The van der Waals surface area contributed by atoms with Gasteiger partial charge >= 0.3 is 6.03 Å². The van der Waals surface area contributed by atoms with Crippen molar-refractivity contribution in [2.75, 3.05) is 33.9 Å². The molecule has 7 heteroatoms. The summed E-state index contributed by atoms with van der Waals surface area (Å²) in [7, 11) is 0. The number of carbonyl (C=O) groups excluding carboxylic acids is 2. The second-order valence-electron chi connectivity index (χ2n) is 8.01. The van der Waals surface area contributed by atoms with E-state index in [-0.39, 0.29) is 11.6 Å². The number of anilines is 4. The first-order valence-electron chi connectivity index (χ1n) is 11.2. The molecular formula is C26H27FN4O2. The average Bonchev–Trinajstić information content (AvgIpc) is 3.11. The number of nitrogens with one attached hydrogen (secondary N) is 3. The number of amides is 3. The molecular weight excluding hydrogens is 419 g/mol. The van der Waals surface area contributed by atoms with Crippen LogP contribution in [0.4, 0.5) is 31.9 Å². The zero-order valence-corrected chi connectivity index (χ0v) is 18.3. The zero-order valence-electron chi connectivity index (χ0n) is 18.3. The maximum Gasteiger partial charge on any atom is 0.323 e. The van der Waals surface area contributed by atoms with Crippen molar-refractivity contribution in [3.8, 4) is 0 Å². The minimum Gasteiger partial charge on any atom is -0.370 e. The Labute approximate surface area is 192 Å². The molecule has 1 saturated heterocycles. The van der Waals surface area contributed by atoms with Crippen molar-refractivity contribution < 1.29 is 14.0 Å². The van der Waals surface area contributed by atoms with Crippen molar-refractivity contribution in [2.45, 2.75) is 25.7 Å². The van der Waals surface area contributed by atoms with E-state index in [1.807, 2.05) is 18.2 Å². The fourth-order valence-corrected chi connectivity index (χ4v) is 3.93. The Morgan fingerprint density at radius 3 is 2.12 bits per heavy atom. The summed E-state index contributed by atoms with van der Waals surface area (Å²) in [6.07, 6.45) is 4.51. The monoisotopic (exact) mass is 446 g/mol. The van der Waals surface area contributed by atoms with Crippen LogP contribution < -0.4 is 20.9 Å². The Bertz CT molecular complexity index is 1110. The minimum atomic E-state index is -0.553. The Morgan fingerprint density at radius 1 is 0.727 bits per heavy atom. The van der Waals surface area contributed by atoms with Crippen LogP contribution in [0.15, 0.2) is 72.8 Å². The van der Waals surface area contributed by atoms with Crippen LogP contribution in [-0.4, -0.2) is 25.0 Å². The summed E-state index contributed by atoms with van der Waals surface area (Å²) in [6, 6.07) is 19.9. The molecule has 1 fully saturated rings. The highest BCUT2D eigenvalue weighted by Gasteiger charge is 2.17. The second-order valence-corrected chi connectivity index (χ2v) is 8.01. The highest BCUT2D eigenvalue weighted by atomic mass is 19.1. The fraction of sp³-hybridized carbons (Fsp3) is 0.231. The first-order valence-corrected chi connectivity index (χ1v) is 11.2. The Kier molecular flexibility index (Phi) is 7.19. The second kappa shape index (κ2) is 10.6. The van der Waals surface area contributed by atoms with Gasteiger partial charge in [0, 0.05) is 24.3 Å². The zero-order chi connectivity index (χ0) is 23.0. The molecule has 1 heterocycles. The molecule has 0 aromatic heterocycles. The van der Waals surface area contributed by atoms with E-state index in [1.165, 1.54) is 25.0 Å². The Balaban J connectivity index is 1.57. The molecule has 4 rings (SSSR count). The summed E-state index contributed by atoms with van der Waals surface area (Å²) in [5, 5.41) is 8.29. The third-order valence-electron chi connectivity index (χ3n) is 5.61. The highest BCUT2D eigenvalue weighted by Crippen LogP contribution is 2.31. The van der Waals surface area contributed by atoms with Gasteiger partial charge in [-0.3, -0.25) is 4.79 Å². The molecule has 1 aliphatic rings. The molecule has 33 heavy (non-hydrogen) atoms.